The number of rotatable bonds is 9. The maximum absolute atomic E-state index is 13.4. The Balaban J connectivity index is 1.61. The van der Waals surface area contributed by atoms with Crippen LogP contribution in [0.2, 0.25) is 0 Å². The van der Waals surface area contributed by atoms with Crippen LogP contribution in [0.4, 0.5) is 0 Å². The van der Waals surface area contributed by atoms with Crippen molar-refractivity contribution in [1.82, 2.24) is 0 Å². The lowest BCUT2D eigenvalue weighted by Crippen LogP contribution is -2.07. The molecule has 2 aromatic carbocycles. The minimum Gasteiger partial charge on any atom is -0.493 e. The second kappa shape index (κ2) is 9.92. The SMILES string of the molecule is O=C(O)CCCOc1ccccc1CC(=O)c1cc(-c2ccccc2)c2cccccc1-2. The van der Waals surface area contributed by atoms with Crippen molar-refractivity contribution < 1.29 is 19.4 Å². The molecule has 0 saturated heterocycles. The number of benzene rings is 2. The van der Waals surface area contributed by atoms with Crippen molar-refractivity contribution in [2.45, 2.75) is 19.3 Å². The van der Waals surface area contributed by atoms with Crippen LogP contribution in [-0.2, 0) is 11.2 Å². The van der Waals surface area contributed by atoms with E-state index in [2.05, 4.69) is 12.1 Å². The van der Waals surface area contributed by atoms with E-state index in [9.17, 15) is 9.59 Å². The van der Waals surface area contributed by atoms with E-state index in [1.165, 1.54) is 0 Å². The molecule has 2 aliphatic carbocycles. The summed E-state index contributed by atoms with van der Waals surface area (Å²) in [6.45, 7) is 0.296. The molecule has 0 atom stereocenters. The maximum atomic E-state index is 13.4. The fourth-order valence-electron chi connectivity index (χ4n) is 3.87. The molecule has 0 spiro atoms. The summed E-state index contributed by atoms with van der Waals surface area (Å²) in [6, 6.07) is 29.4. The number of aliphatic carboxylic acids is 1. The highest BCUT2D eigenvalue weighted by Gasteiger charge is 2.21. The van der Waals surface area contributed by atoms with Crippen LogP contribution < -0.4 is 4.74 Å². The van der Waals surface area contributed by atoms with Crippen molar-refractivity contribution in [1.29, 1.82) is 0 Å². The number of hydrogen-bond acceptors (Lipinski definition) is 3. The molecule has 160 valence electrons. The molecular weight excluding hydrogens is 400 g/mol. The number of fused-ring (bicyclic) bond motifs is 1. The predicted molar refractivity (Wildman–Crippen MR) is 125 cm³/mol. The summed E-state index contributed by atoms with van der Waals surface area (Å²) < 4.78 is 5.79. The molecule has 0 unspecified atom stereocenters. The van der Waals surface area contributed by atoms with Crippen LogP contribution in [0.1, 0.15) is 28.8 Å². The molecule has 0 saturated carbocycles. The summed E-state index contributed by atoms with van der Waals surface area (Å²) >= 11 is 0. The van der Waals surface area contributed by atoms with Gasteiger partial charge in [0.2, 0.25) is 0 Å². The van der Waals surface area contributed by atoms with Gasteiger partial charge in [0.15, 0.2) is 5.78 Å². The first-order chi connectivity index (χ1) is 15.6. The zero-order valence-corrected chi connectivity index (χ0v) is 17.7. The highest BCUT2D eigenvalue weighted by Crippen LogP contribution is 2.39. The van der Waals surface area contributed by atoms with Gasteiger partial charge in [0.25, 0.3) is 0 Å². The van der Waals surface area contributed by atoms with E-state index in [1.54, 1.807) is 0 Å². The molecule has 0 bridgehead atoms. The lowest BCUT2D eigenvalue weighted by atomic mass is 10.00. The number of hydrogen-bond donors (Lipinski definition) is 1. The molecule has 32 heavy (non-hydrogen) atoms. The zero-order chi connectivity index (χ0) is 22.3. The number of carbonyl (C=O) groups is 2. The summed E-state index contributed by atoms with van der Waals surface area (Å²) in [5.41, 5.74) is 5.57. The van der Waals surface area contributed by atoms with Gasteiger partial charge in [-0.3, -0.25) is 9.59 Å². The molecule has 0 heterocycles. The van der Waals surface area contributed by atoms with Crippen LogP contribution in [0, 0.1) is 0 Å². The smallest absolute Gasteiger partial charge is 0.303 e. The van der Waals surface area contributed by atoms with Crippen molar-refractivity contribution in [3.05, 3.63) is 102 Å². The normalized spacial score (nSPS) is 10.8. The highest BCUT2D eigenvalue weighted by atomic mass is 16.5. The first-order valence-corrected chi connectivity index (χ1v) is 10.7. The molecule has 4 nitrogen and oxygen atoms in total. The van der Waals surface area contributed by atoms with E-state index in [4.69, 9.17) is 9.84 Å². The largest absolute Gasteiger partial charge is 0.493 e. The van der Waals surface area contributed by atoms with Crippen LogP contribution in [0.5, 0.6) is 5.75 Å². The molecular formula is C28H24O4. The number of carboxylic acids is 1. The van der Waals surface area contributed by atoms with Crippen LogP contribution in [0.15, 0.2) is 91.0 Å². The lowest BCUT2D eigenvalue weighted by Gasteiger charge is -2.11. The predicted octanol–water partition coefficient (Wildman–Crippen LogP) is 6.13. The Morgan fingerprint density at radius 2 is 1.41 bits per heavy atom. The topological polar surface area (TPSA) is 63.6 Å². The fraction of sp³-hybridized carbons (Fsp3) is 0.143. The number of carbonyl (C=O) groups excluding carboxylic acids is 1. The van der Waals surface area contributed by atoms with Gasteiger partial charge in [0, 0.05) is 24.0 Å². The molecule has 0 amide bonds. The number of ether oxygens (including phenoxy) is 1. The van der Waals surface area contributed by atoms with Gasteiger partial charge in [-0.25, -0.2) is 0 Å². The van der Waals surface area contributed by atoms with Crippen molar-refractivity contribution in [2.24, 2.45) is 0 Å². The van der Waals surface area contributed by atoms with Crippen LogP contribution in [0.3, 0.4) is 0 Å². The van der Waals surface area contributed by atoms with Crippen molar-refractivity contribution in [3.63, 3.8) is 0 Å². The van der Waals surface area contributed by atoms with E-state index < -0.39 is 5.97 Å². The first kappa shape index (κ1) is 21.3. The van der Waals surface area contributed by atoms with E-state index in [0.29, 0.717) is 24.3 Å². The summed E-state index contributed by atoms with van der Waals surface area (Å²) in [7, 11) is 0. The second-order valence-electron chi connectivity index (χ2n) is 7.63. The number of carboxylic acid groups (broad SMARTS) is 1. The Morgan fingerprint density at radius 3 is 2.16 bits per heavy atom. The van der Waals surface area contributed by atoms with Gasteiger partial charge in [-0.15, -0.1) is 0 Å². The van der Waals surface area contributed by atoms with Gasteiger partial charge in [-0.2, -0.15) is 0 Å². The van der Waals surface area contributed by atoms with Crippen LogP contribution in [-0.4, -0.2) is 23.5 Å². The Labute approximate surface area is 187 Å². The monoisotopic (exact) mass is 424 g/mol. The van der Waals surface area contributed by atoms with Gasteiger partial charge in [0.1, 0.15) is 5.75 Å². The van der Waals surface area contributed by atoms with Crippen molar-refractivity contribution in [2.75, 3.05) is 6.61 Å². The van der Waals surface area contributed by atoms with Crippen LogP contribution in [0.25, 0.3) is 22.3 Å². The fourth-order valence-corrected chi connectivity index (χ4v) is 3.87. The van der Waals surface area contributed by atoms with Crippen molar-refractivity contribution in [3.8, 4) is 28.0 Å². The Kier molecular flexibility index (Phi) is 6.61. The third-order valence-electron chi connectivity index (χ3n) is 5.41. The summed E-state index contributed by atoms with van der Waals surface area (Å²) in [6.07, 6.45) is 0.684. The van der Waals surface area contributed by atoms with E-state index >= 15 is 0 Å². The molecule has 0 aromatic heterocycles. The average molecular weight is 424 g/mol. The molecule has 4 rings (SSSR count). The third kappa shape index (κ3) is 4.86. The standard InChI is InChI=1S/C28H24O4/c29-26(18-21-12-7-8-15-27(21)32-17-9-16-28(30)31)25-19-24(20-10-3-1-4-11-20)22-13-5-2-6-14-23(22)25/h1-8,10-15,19H,9,16-18H2,(H,30,31). The molecule has 0 radical (unpaired) electrons. The molecule has 1 N–H and O–H groups in total. The van der Waals surface area contributed by atoms with E-state index in [-0.39, 0.29) is 18.6 Å². The molecule has 0 fully saturated rings. The Bertz CT molecular complexity index is 1200. The van der Waals surface area contributed by atoms with E-state index in [1.807, 2.05) is 78.9 Å². The Morgan fingerprint density at radius 1 is 0.750 bits per heavy atom. The summed E-state index contributed by atoms with van der Waals surface area (Å²) in [4.78, 5) is 24.1. The number of Topliss-reactive ketones (excluding diaryl/α,β-unsaturated/α-hetero) is 1. The maximum Gasteiger partial charge on any atom is 0.303 e. The van der Waals surface area contributed by atoms with Gasteiger partial charge >= 0.3 is 5.97 Å². The van der Waals surface area contributed by atoms with Gasteiger partial charge in [0.05, 0.1) is 6.61 Å². The molecule has 4 heteroatoms. The molecule has 2 aliphatic rings. The average Bonchev–Trinajstić information content (AvgIpc) is 2.99. The third-order valence-corrected chi connectivity index (χ3v) is 5.41. The first-order valence-electron chi connectivity index (χ1n) is 10.7. The quantitative estimate of drug-likeness (QED) is 0.259. The minimum atomic E-state index is -0.845. The highest BCUT2D eigenvalue weighted by molar-refractivity contribution is 6.08. The number of ketones is 1. The summed E-state index contributed by atoms with van der Waals surface area (Å²) in [5, 5.41) is 8.80. The summed E-state index contributed by atoms with van der Waals surface area (Å²) in [5.74, 6) is -0.205. The molecule has 2 aromatic rings. The van der Waals surface area contributed by atoms with Gasteiger partial charge in [-0.05, 0) is 40.8 Å². The molecule has 0 aliphatic heterocycles. The van der Waals surface area contributed by atoms with Crippen LogP contribution >= 0.6 is 0 Å². The minimum absolute atomic E-state index is 0.0185. The number of para-hydroxylation sites is 1. The van der Waals surface area contributed by atoms with Gasteiger partial charge in [-0.1, -0.05) is 78.9 Å². The second-order valence-corrected chi connectivity index (χ2v) is 7.63. The van der Waals surface area contributed by atoms with Crippen molar-refractivity contribution >= 4 is 11.8 Å². The Hall–Kier alpha value is -3.92. The zero-order valence-electron chi connectivity index (χ0n) is 17.7. The van der Waals surface area contributed by atoms with Gasteiger partial charge < -0.3 is 9.84 Å². The lowest BCUT2D eigenvalue weighted by molar-refractivity contribution is -0.137. The van der Waals surface area contributed by atoms with E-state index in [0.717, 1.165) is 27.8 Å².